The highest BCUT2D eigenvalue weighted by molar-refractivity contribution is 4.68. The number of unbranched alkanes of at least 4 members (excludes halogenated alkanes) is 1. The number of hydrogen-bond donors (Lipinski definition) is 1. The lowest BCUT2D eigenvalue weighted by atomic mass is 10.0. The van der Waals surface area contributed by atoms with E-state index < -0.39 is 0 Å². The van der Waals surface area contributed by atoms with Crippen LogP contribution < -0.4 is 0 Å². The molecule has 58 valence electrons. The van der Waals surface area contributed by atoms with Crippen LogP contribution >= 0.6 is 0 Å². The predicted molar refractivity (Wildman–Crippen MR) is 40.3 cm³/mol. The van der Waals surface area contributed by atoms with Crippen LogP contribution in [0.5, 0.6) is 0 Å². The molecular weight excluding hydrogens is 126 g/mol. The van der Waals surface area contributed by atoms with Gasteiger partial charge in [-0.3, -0.25) is 0 Å². The van der Waals surface area contributed by atoms with Gasteiger partial charge in [-0.2, -0.15) is 5.26 Å². The summed E-state index contributed by atoms with van der Waals surface area (Å²) < 4.78 is 0. The summed E-state index contributed by atoms with van der Waals surface area (Å²) in [4.78, 5) is 0. The molecule has 10 heavy (non-hydrogen) atoms. The molecule has 0 saturated heterocycles. The Morgan fingerprint density at radius 1 is 1.50 bits per heavy atom. The largest absolute Gasteiger partial charge is 0.396 e. The first kappa shape index (κ1) is 9.45. The summed E-state index contributed by atoms with van der Waals surface area (Å²) in [7, 11) is 0. The van der Waals surface area contributed by atoms with Gasteiger partial charge in [0.15, 0.2) is 0 Å². The van der Waals surface area contributed by atoms with Gasteiger partial charge in [0, 0.05) is 13.0 Å². The van der Waals surface area contributed by atoms with Gasteiger partial charge in [0.05, 0.1) is 6.07 Å². The summed E-state index contributed by atoms with van der Waals surface area (Å²) in [6.07, 6.45) is 3.55. The van der Waals surface area contributed by atoms with Crippen LogP contribution in [0.25, 0.3) is 0 Å². The summed E-state index contributed by atoms with van der Waals surface area (Å²) >= 11 is 0. The molecular formula is C8H15NO. The molecule has 2 heteroatoms. The lowest BCUT2D eigenvalue weighted by Crippen LogP contribution is -1.97. The molecule has 0 aromatic rings. The van der Waals surface area contributed by atoms with E-state index in [0.29, 0.717) is 12.3 Å². The Balaban J connectivity index is 3.06. The monoisotopic (exact) mass is 141 g/mol. The third-order valence-electron chi connectivity index (χ3n) is 1.61. The van der Waals surface area contributed by atoms with Gasteiger partial charge in [0.25, 0.3) is 0 Å². The second kappa shape index (κ2) is 6.57. The van der Waals surface area contributed by atoms with Crippen molar-refractivity contribution in [2.75, 3.05) is 6.61 Å². The molecule has 1 atom stereocenters. The molecule has 0 aromatic heterocycles. The maximum atomic E-state index is 8.53. The Kier molecular flexibility index (Phi) is 6.21. The third kappa shape index (κ3) is 5.58. The van der Waals surface area contributed by atoms with Crippen LogP contribution in [0.1, 0.15) is 32.6 Å². The molecule has 1 unspecified atom stereocenters. The minimum absolute atomic E-state index is 0.272. The predicted octanol–water partition coefficient (Wildman–Crippen LogP) is 1.70. The Bertz CT molecular complexity index is 106. The molecule has 0 aliphatic rings. The normalized spacial score (nSPS) is 12.5. The SMILES string of the molecule is CC(CCO)CCCC#N. The molecule has 1 N–H and O–H groups in total. The second-order valence-corrected chi connectivity index (χ2v) is 2.67. The molecule has 0 aliphatic heterocycles. The number of aliphatic hydroxyl groups is 1. The number of rotatable bonds is 5. The highest BCUT2D eigenvalue weighted by atomic mass is 16.2. The van der Waals surface area contributed by atoms with E-state index in [4.69, 9.17) is 10.4 Å². The quantitative estimate of drug-likeness (QED) is 0.592. The molecule has 0 heterocycles. The molecule has 0 aliphatic carbocycles. The average Bonchev–Trinajstić information content (AvgIpc) is 1.89. The number of aliphatic hydroxyl groups excluding tert-OH is 1. The van der Waals surface area contributed by atoms with Gasteiger partial charge in [-0.05, 0) is 25.2 Å². The van der Waals surface area contributed by atoms with Crippen molar-refractivity contribution in [2.45, 2.75) is 32.6 Å². The van der Waals surface area contributed by atoms with Gasteiger partial charge in [-0.15, -0.1) is 0 Å². The highest BCUT2D eigenvalue weighted by Crippen LogP contribution is 2.10. The van der Waals surface area contributed by atoms with Crippen LogP contribution in [0.2, 0.25) is 0 Å². The first-order chi connectivity index (χ1) is 4.81. The van der Waals surface area contributed by atoms with Crippen molar-refractivity contribution in [3.8, 4) is 6.07 Å². The van der Waals surface area contributed by atoms with Crippen LogP contribution in [-0.4, -0.2) is 11.7 Å². The summed E-state index contributed by atoms with van der Waals surface area (Å²) in [6, 6.07) is 2.10. The van der Waals surface area contributed by atoms with Crippen molar-refractivity contribution in [1.29, 1.82) is 5.26 Å². The fourth-order valence-corrected chi connectivity index (χ4v) is 0.894. The van der Waals surface area contributed by atoms with Gasteiger partial charge in [-0.1, -0.05) is 6.92 Å². The summed E-state index contributed by atoms with van der Waals surface area (Å²) in [5.41, 5.74) is 0. The van der Waals surface area contributed by atoms with Crippen LogP contribution in [0.4, 0.5) is 0 Å². The van der Waals surface area contributed by atoms with E-state index in [-0.39, 0.29) is 6.61 Å². The molecule has 0 rings (SSSR count). The topological polar surface area (TPSA) is 44.0 Å². The first-order valence-corrected chi connectivity index (χ1v) is 3.79. The molecule has 2 nitrogen and oxygen atoms in total. The second-order valence-electron chi connectivity index (χ2n) is 2.67. The van der Waals surface area contributed by atoms with E-state index in [1.165, 1.54) is 0 Å². The maximum absolute atomic E-state index is 8.53. The molecule has 0 radical (unpaired) electrons. The van der Waals surface area contributed by atoms with Crippen molar-refractivity contribution < 1.29 is 5.11 Å². The molecule has 0 bridgehead atoms. The van der Waals surface area contributed by atoms with Crippen LogP contribution in [0.3, 0.4) is 0 Å². The van der Waals surface area contributed by atoms with Gasteiger partial charge in [0.1, 0.15) is 0 Å². The molecule has 0 saturated carbocycles. The van der Waals surface area contributed by atoms with Crippen LogP contribution in [-0.2, 0) is 0 Å². The van der Waals surface area contributed by atoms with Gasteiger partial charge in [-0.25, -0.2) is 0 Å². The van der Waals surface area contributed by atoms with Gasteiger partial charge < -0.3 is 5.11 Å². The molecule has 0 spiro atoms. The van der Waals surface area contributed by atoms with E-state index in [9.17, 15) is 0 Å². The van der Waals surface area contributed by atoms with Crippen molar-refractivity contribution in [3.05, 3.63) is 0 Å². The van der Waals surface area contributed by atoms with Crippen molar-refractivity contribution in [3.63, 3.8) is 0 Å². The van der Waals surface area contributed by atoms with Crippen molar-refractivity contribution >= 4 is 0 Å². The number of nitrogens with zero attached hydrogens (tertiary/aromatic N) is 1. The fourth-order valence-electron chi connectivity index (χ4n) is 0.894. The Morgan fingerprint density at radius 3 is 2.70 bits per heavy atom. The number of nitriles is 1. The lowest BCUT2D eigenvalue weighted by molar-refractivity contribution is 0.257. The Hall–Kier alpha value is -0.550. The maximum Gasteiger partial charge on any atom is 0.0621 e. The summed E-state index contributed by atoms with van der Waals surface area (Å²) in [5, 5.41) is 16.7. The van der Waals surface area contributed by atoms with E-state index in [0.717, 1.165) is 19.3 Å². The number of hydrogen-bond acceptors (Lipinski definition) is 2. The zero-order valence-electron chi connectivity index (χ0n) is 6.51. The van der Waals surface area contributed by atoms with E-state index in [1.807, 2.05) is 0 Å². The summed E-state index contributed by atoms with van der Waals surface area (Å²) in [5.74, 6) is 0.568. The summed E-state index contributed by atoms with van der Waals surface area (Å²) in [6.45, 7) is 2.38. The van der Waals surface area contributed by atoms with E-state index in [2.05, 4.69) is 13.0 Å². The zero-order chi connectivity index (χ0) is 7.82. The minimum Gasteiger partial charge on any atom is -0.396 e. The van der Waals surface area contributed by atoms with Crippen molar-refractivity contribution in [1.82, 2.24) is 0 Å². The molecule has 0 fully saturated rings. The smallest absolute Gasteiger partial charge is 0.0621 e. The Labute approximate surface area is 62.5 Å². The Morgan fingerprint density at radius 2 is 2.20 bits per heavy atom. The van der Waals surface area contributed by atoms with Gasteiger partial charge >= 0.3 is 0 Å². The highest BCUT2D eigenvalue weighted by Gasteiger charge is 1.99. The average molecular weight is 141 g/mol. The fraction of sp³-hybridized carbons (Fsp3) is 0.875. The lowest BCUT2D eigenvalue weighted by Gasteiger charge is -2.06. The van der Waals surface area contributed by atoms with Crippen LogP contribution in [0, 0.1) is 17.2 Å². The van der Waals surface area contributed by atoms with Crippen molar-refractivity contribution in [2.24, 2.45) is 5.92 Å². The van der Waals surface area contributed by atoms with E-state index in [1.54, 1.807) is 0 Å². The minimum atomic E-state index is 0.272. The zero-order valence-corrected chi connectivity index (χ0v) is 6.51. The van der Waals surface area contributed by atoms with Crippen LogP contribution in [0.15, 0.2) is 0 Å². The third-order valence-corrected chi connectivity index (χ3v) is 1.61. The first-order valence-electron chi connectivity index (χ1n) is 3.79. The molecule has 0 aromatic carbocycles. The van der Waals surface area contributed by atoms with E-state index >= 15 is 0 Å². The standard InChI is InChI=1S/C8H15NO/c1-8(5-7-10)4-2-3-6-9/h8,10H,2-5,7H2,1H3. The van der Waals surface area contributed by atoms with Gasteiger partial charge in [0.2, 0.25) is 0 Å². The molecule has 0 amide bonds.